The van der Waals surface area contributed by atoms with E-state index in [0.717, 1.165) is 25.7 Å². The molecule has 0 unspecified atom stereocenters. The number of nitriles is 1. The van der Waals surface area contributed by atoms with E-state index in [0.29, 0.717) is 5.76 Å². The summed E-state index contributed by atoms with van der Waals surface area (Å²) in [5.41, 5.74) is 0.0965. The van der Waals surface area contributed by atoms with E-state index >= 15 is 0 Å². The van der Waals surface area contributed by atoms with Gasteiger partial charge in [-0.1, -0.05) is 25.7 Å². The molecule has 1 amide bonds. The van der Waals surface area contributed by atoms with E-state index in [1.807, 2.05) is 6.07 Å². The number of hydrogen-bond donors (Lipinski definition) is 1. The fourth-order valence-corrected chi connectivity index (χ4v) is 2.35. The summed E-state index contributed by atoms with van der Waals surface area (Å²) in [6.07, 6.45) is 9.77. The molecule has 1 heterocycles. The summed E-state index contributed by atoms with van der Waals surface area (Å²) in [6.45, 7) is 0. The zero-order valence-electron chi connectivity index (χ0n) is 10.9. The Labute approximate surface area is 113 Å². The molecule has 1 aliphatic rings. The first-order chi connectivity index (χ1) is 9.29. The first-order valence-corrected chi connectivity index (χ1v) is 6.76. The van der Waals surface area contributed by atoms with Gasteiger partial charge in [0.15, 0.2) is 0 Å². The molecule has 0 radical (unpaired) electrons. The van der Waals surface area contributed by atoms with Crippen LogP contribution in [0.4, 0.5) is 0 Å². The van der Waals surface area contributed by atoms with Gasteiger partial charge in [-0.3, -0.25) is 4.79 Å². The van der Waals surface area contributed by atoms with Gasteiger partial charge in [-0.2, -0.15) is 5.26 Å². The molecule has 4 nitrogen and oxygen atoms in total. The second kappa shape index (κ2) is 6.79. The highest BCUT2D eigenvalue weighted by atomic mass is 16.3. The Hall–Kier alpha value is -2.02. The van der Waals surface area contributed by atoms with Crippen LogP contribution in [0.2, 0.25) is 0 Å². The minimum absolute atomic E-state index is 0.0965. The Morgan fingerprint density at radius 2 is 2.11 bits per heavy atom. The van der Waals surface area contributed by atoms with Crippen LogP contribution in [0.5, 0.6) is 0 Å². The van der Waals surface area contributed by atoms with Crippen LogP contribution in [0.25, 0.3) is 6.08 Å². The molecule has 1 N–H and O–H groups in total. The van der Waals surface area contributed by atoms with Crippen molar-refractivity contribution in [2.45, 2.75) is 44.6 Å². The summed E-state index contributed by atoms with van der Waals surface area (Å²) in [5.74, 6) is 0.221. The van der Waals surface area contributed by atoms with Crippen molar-refractivity contribution in [3.8, 4) is 6.07 Å². The minimum Gasteiger partial charge on any atom is -0.465 e. The van der Waals surface area contributed by atoms with E-state index in [1.54, 1.807) is 12.1 Å². The molecule has 19 heavy (non-hydrogen) atoms. The number of amides is 1. The fourth-order valence-electron chi connectivity index (χ4n) is 2.35. The third-order valence-electron chi connectivity index (χ3n) is 3.39. The average Bonchev–Trinajstić information content (AvgIpc) is 2.79. The van der Waals surface area contributed by atoms with Crippen LogP contribution in [-0.4, -0.2) is 11.9 Å². The topological polar surface area (TPSA) is 66.0 Å². The van der Waals surface area contributed by atoms with Gasteiger partial charge in [-0.05, 0) is 25.0 Å². The Bertz CT molecular complexity index is 475. The van der Waals surface area contributed by atoms with E-state index in [1.165, 1.54) is 25.2 Å². The van der Waals surface area contributed by atoms with E-state index in [9.17, 15) is 4.79 Å². The van der Waals surface area contributed by atoms with Crippen molar-refractivity contribution in [3.63, 3.8) is 0 Å². The molecular formula is C15H18N2O2. The second-order valence-corrected chi connectivity index (χ2v) is 4.85. The Morgan fingerprint density at radius 3 is 2.68 bits per heavy atom. The molecule has 1 aromatic heterocycles. The maximum Gasteiger partial charge on any atom is 0.262 e. The SMILES string of the molecule is N#CC(=Cc1ccco1)C(=O)NC1CCCCCC1. The van der Waals surface area contributed by atoms with E-state index in [-0.39, 0.29) is 17.5 Å². The van der Waals surface area contributed by atoms with Crippen molar-refractivity contribution < 1.29 is 9.21 Å². The molecule has 0 aliphatic heterocycles. The molecule has 0 aromatic carbocycles. The molecule has 1 saturated carbocycles. The first kappa shape index (κ1) is 13.4. The van der Waals surface area contributed by atoms with Crippen molar-refractivity contribution in [2.24, 2.45) is 0 Å². The van der Waals surface area contributed by atoms with Crippen LogP contribution in [0.1, 0.15) is 44.3 Å². The van der Waals surface area contributed by atoms with Crippen LogP contribution in [0.15, 0.2) is 28.4 Å². The van der Waals surface area contributed by atoms with Gasteiger partial charge in [-0.15, -0.1) is 0 Å². The summed E-state index contributed by atoms with van der Waals surface area (Å²) in [4.78, 5) is 12.0. The number of nitrogens with one attached hydrogen (secondary N) is 1. The summed E-state index contributed by atoms with van der Waals surface area (Å²) < 4.78 is 5.12. The van der Waals surface area contributed by atoms with Crippen LogP contribution in [-0.2, 0) is 4.79 Å². The molecule has 2 rings (SSSR count). The van der Waals surface area contributed by atoms with Crippen molar-refractivity contribution in [1.82, 2.24) is 5.32 Å². The number of carbonyl (C=O) groups excluding carboxylic acids is 1. The van der Waals surface area contributed by atoms with Crippen molar-refractivity contribution in [2.75, 3.05) is 0 Å². The zero-order chi connectivity index (χ0) is 13.5. The number of hydrogen-bond acceptors (Lipinski definition) is 3. The summed E-state index contributed by atoms with van der Waals surface area (Å²) in [6, 6.07) is 5.58. The lowest BCUT2D eigenvalue weighted by molar-refractivity contribution is -0.117. The molecule has 0 saturated heterocycles. The summed E-state index contributed by atoms with van der Waals surface area (Å²) >= 11 is 0. The largest absolute Gasteiger partial charge is 0.465 e. The fraction of sp³-hybridized carbons (Fsp3) is 0.467. The molecule has 0 bridgehead atoms. The number of carbonyl (C=O) groups is 1. The minimum atomic E-state index is -0.300. The van der Waals surface area contributed by atoms with Crippen molar-refractivity contribution in [3.05, 3.63) is 29.7 Å². The molecular weight excluding hydrogens is 240 g/mol. The zero-order valence-corrected chi connectivity index (χ0v) is 10.9. The Kier molecular flexibility index (Phi) is 4.79. The normalized spacial score (nSPS) is 17.5. The molecule has 1 aliphatic carbocycles. The van der Waals surface area contributed by atoms with E-state index in [2.05, 4.69) is 5.32 Å². The lowest BCUT2D eigenvalue weighted by Crippen LogP contribution is -2.35. The van der Waals surface area contributed by atoms with Gasteiger partial charge in [0.05, 0.1) is 6.26 Å². The highest BCUT2D eigenvalue weighted by Crippen LogP contribution is 2.17. The number of furan rings is 1. The summed E-state index contributed by atoms with van der Waals surface area (Å²) in [7, 11) is 0. The third kappa shape index (κ3) is 3.99. The van der Waals surface area contributed by atoms with Gasteiger partial charge in [0.1, 0.15) is 17.4 Å². The van der Waals surface area contributed by atoms with Crippen LogP contribution >= 0.6 is 0 Å². The molecule has 100 valence electrons. The quantitative estimate of drug-likeness (QED) is 0.515. The molecule has 1 fully saturated rings. The standard InChI is InChI=1S/C15H18N2O2/c16-11-12(10-14-8-5-9-19-14)15(18)17-13-6-3-1-2-4-7-13/h5,8-10,13H,1-4,6-7H2,(H,17,18). The van der Waals surface area contributed by atoms with Crippen molar-refractivity contribution >= 4 is 12.0 Å². The smallest absolute Gasteiger partial charge is 0.262 e. The van der Waals surface area contributed by atoms with Crippen LogP contribution in [0.3, 0.4) is 0 Å². The van der Waals surface area contributed by atoms with Crippen LogP contribution in [0, 0.1) is 11.3 Å². The van der Waals surface area contributed by atoms with E-state index < -0.39 is 0 Å². The number of rotatable bonds is 3. The Balaban J connectivity index is 1.99. The monoisotopic (exact) mass is 258 g/mol. The maximum absolute atomic E-state index is 12.0. The average molecular weight is 258 g/mol. The van der Waals surface area contributed by atoms with Gasteiger partial charge in [0.25, 0.3) is 5.91 Å². The molecule has 4 heteroatoms. The predicted molar refractivity (Wildman–Crippen MR) is 71.9 cm³/mol. The highest BCUT2D eigenvalue weighted by Gasteiger charge is 2.17. The summed E-state index contributed by atoms with van der Waals surface area (Å²) in [5, 5.41) is 12.0. The molecule has 0 spiro atoms. The van der Waals surface area contributed by atoms with Gasteiger partial charge in [0, 0.05) is 12.1 Å². The van der Waals surface area contributed by atoms with Crippen LogP contribution < -0.4 is 5.32 Å². The first-order valence-electron chi connectivity index (χ1n) is 6.76. The van der Waals surface area contributed by atoms with Gasteiger partial charge in [0.2, 0.25) is 0 Å². The Morgan fingerprint density at radius 1 is 1.37 bits per heavy atom. The lowest BCUT2D eigenvalue weighted by atomic mass is 10.1. The maximum atomic E-state index is 12.0. The molecule has 0 atom stereocenters. The van der Waals surface area contributed by atoms with Gasteiger partial charge >= 0.3 is 0 Å². The predicted octanol–water partition coefficient (Wildman–Crippen LogP) is 3.03. The lowest BCUT2D eigenvalue weighted by Gasteiger charge is -2.15. The third-order valence-corrected chi connectivity index (χ3v) is 3.39. The van der Waals surface area contributed by atoms with E-state index in [4.69, 9.17) is 9.68 Å². The molecule has 1 aromatic rings. The highest BCUT2D eigenvalue weighted by molar-refractivity contribution is 6.01. The number of nitrogens with zero attached hydrogens (tertiary/aromatic N) is 1. The second-order valence-electron chi connectivity index (χ2n) is 4.85. The van der Waals surface area contributed by atoms with Gasteiger partial charge < -0.3 is 9.73 Å². The van der Waals surface area contributed by atoms with Gasteiger partial charge in [-0.25, -0.2) is 0 Å². The van der Waals surface area contributed by atoms with Crippen molar-refractivity contribution in [1.29, 1.82) is 5.26 Å².